The summed E-state index contributed by atoms with van der Waals surface area (Å²) in [7, 11) is 0. The number of rotatable bonds is 3. The fourth-order valence-corrected chi connectivity index (χ4v) is 1.98. The Morgan fingerprint density at radius 1 is 1.45 bits per heavy atom. The van der Waals surface area contributed by atoms with Crippen LogP contribution in [0.1, 0.15) is 42.0 Å². The molecule has 6 nitrogen and oxygen atoms in total. The Bertz CT molecular complexity index is 707. The van der Waals surface area contributed by atoms with Gasteiger partial charge in [-0.15, -0.1) is 10.2 Å². The van der Waals surface area contributed by atoms with Crippen molar-refractivity contribution in [2.24, 2.45) is 0 Å². The number of nitriles is 1. The molecule has 0 radical (unpaired) electrons. The quantitative estimate of drug-likeness (QED) is 0.735. The number of hydrogen-bond donors (Lipinski definition) is 1. The van der Waals surface area contributed by atoms with E-state index in [9.17, 15) is 4.79 Å². The molecule has 96 valence electrons. The maximum atomic E-state index is 10.8. The van der Waals surface area contributed by atoms with Crippen molar-refractivity contribution in [1.82, 2.24) is 10.2 Å². The molecule has 0 aliphatic heterocycles. The van der Waals surface area contributed by atoms with E-state index < -0.39 is 11.9 Å². The molecule has 1 fully saturated rings. The number of carboxylic acid groups (broad SMARTS) is 1. The van der Waals surface area contributed by atoms with Gasteiger partial charge in [-0.05, 0) is 36.5 Å². The van der Waals surface area contributed by atoms with Crippen LogP contribution >= 0.6 is 0 Å². The summed E-state index contributed by atoms with van der Waals surface area (Å²) in [5, 5.41) is 24.9. The van der Waals surface area contributed by atoms with Crippen LogP contribution in [0.2, 0.25) is 0 Å². The molecule has 1 saturated carbocycles. The molecule has 20 heavy (non-hydrogen) atoms. The minimum atomic E-state index is -1.26. The van der Waals surface area contributed by atoms with Crippen molar-refractivity contribution in [3.63, 3.8) is 0 Å². The summed E-state index contributed by atoms with van der Waals surface area (Å²) < 4.78 is 5.12. The van der Waals surface area contributed by atoms with E-state index in [2.05, 4.69) is 10.2 Å². The average Bonchev–Trinajstić information content (AvgIpc) is 3.14. The maximum absolute atomic E-state index is 10.8. The smallest absolute Gasteiger partial charge is 1.00 e. The number of nitrogens with zero attached hydrogens (tertiary/aromatic N) is 3. The second kappa shape index (κ2) is 5.50. The Hall–Kier alpha value is -2.08. The van der Waals surface area contributed by atoms with Crippen LogP contribution in [0.3, 0.4) is 0 Å². The first-order valence-electron chi connectivity index (χ1n) is 5.80. The fourth-order valence-electron chi connectivity index (χ4n) is 1.98. The molecule has 1 aromatic carbocycles. The summed E-state index contributed by atoms with van der Waals surface area (Å²) in [6.45, 7) is 0. The first-order chi connectivity index (χ1) is 9.19. The van der Waals surface area contributed by atoms with E-state index >= 15 is 0 Å². The molecular weight excluding hydrogens is 253 g/mol. The number of aromatic carboxylic acids is 1. The van der Waals surface area contributed by atoms with E-state index in [0.29, 0.717) is 17.0 Å². The van der Waals surface area contributed by atoms with Gasteiger partial charge in [0, 0.05) is 5.56 Å². The number of carboxylic acids is 1. The summed E-state index contributed by atoms with van der Waals surface area (Å²) in [6, 6.07) is 7.32. The van der Waals surface area contributed by atoms with Gasteiger partial charge in [-0.25, -0.2) is 4.79 Å². The summed E-state index contributed by atoms with van der Waals surface area (Å²) in [5.74, 6) is -1.12. The maximum Gasteiger partial charge on any atom is 1.00 e. The van der Waals surface area contributed by atoms with Crippen molar-refractivity contribution in [3.05, 3.63) is 35.2 Å². The molecule has 1 N–H and O–H groups in total. The van der Waals surface area contributed by atoms with Gasteiger partial charge >= 0.3 is 30.7 Å². The molecular formula is C13H10LiN3O3. The number of carbonyl (C=O) groups is 1. The van der Waals surface area contributed by atoms with Crippen LogP contribution in [0, 0.1) is 11.3 Å². The van der Waals surface area contributed by atoms with E-state index in [1.54, 1.807) is 12.1 Å². The van der Waals surface area contributed by atoms with Gasteiger partial charge in [-0.3, -0.25) is 0 Å². The van der Waals surface area contributed by atoms with Gasteiger partial charge < -0.3 is 11.0 Å². The van der Waals surface area contributed by atoms with Gasteiger partial charge in [0.25, 0.3) is 0 Å². The standard InChI is InChI=1S/C13H9N3O3.Li.H/c14-6-7-1-4-9(8-2-3-8)10(5-7)11-15-16-12(19-11)13(17)18;;/h1,4-5,8H,2-3H2,(H,17,18);;/q;+1;-1. The van der Waals surface area contributed by atoms with E-state index in [0.717, 1.165) is 18.4 Å². The topological polar surface area (TPSA) is 100 Å². The largest absolute Gasteiger partial charge is 1.00 e. The van der Waals surface area contributed by atoms with E-state index in [4.69, 9.17) is 14.8 Å². The molecule has 1 aliphatic rings. The zero-order valence-electron chi connectivity index (χ0n) is 11.8. The summed E-state index contributed by atoms with van der Waals surface area (Å²) >= 11 is 0. The molecule has 1 aliphatic carbocycles. The number of hydrogen-bond acceptors (Lipinski definition) is 5. The Morgan fingerprint density at radius 2 is 2.20 bits per heavy atom. The molecule has 0 bridgehead atoms. The molecule has 7 heteroatoms. The Labute approximate surface area is 128 Å². The van der Waals surface area contributed by atoms with Gasteiger partial charge in [0.2, 0.25) is 5.89 Å². The first kappa shape index (κ1) is 14.3. The van der Waals surface area contributed by atoms with Crippen LogP contribution in [-0.2, 0) is 0 Å². The number of benzene rings is 1. The number of aromatic nitrogens is 2. The molecule has 1 aromatic heterocycles. The third-order valence-corrected chi connectivity index (χ3v) is 3.04. The van der Waals surface area contributed by atoms with Crippen LogP contribution in [-0.4, -0.2) is 21.3 Å². The molecule has 0 unspecified atom stereocenters. The monoisotopic (exact) mass is 263 g/mol. The third-order valence-electron chi connectivity index (χ3n) is 3.04. The Balaban J connectivity index is 0.00000110. The molecule has 1 heterocycles. The zero-order chi connectivity index (χ0) is 13.4. The van der Waals surface area contributed by atoms with Crippen molar-refractivity contribution in [2.75, 3.05) is 0 Å². The Morgan fingerprint density at radius 3 is 2.75 bits per heavy atom. The summed E-state index contributed by atoms with van der Waals surface area (Å²) in [4.78, 5) is 10.8. The zero-order valence-corrected chi connectivity index (χ0v) is 10.8. The molecule has 2 aromatic rings. The first-order valence-corrected chi connectivity index (χ1v) is 5.80. The van der Waals surface area contributed by atoms with E-state index in [1.165, 1.54) is 0 Å². The molecule has 0 spiro atoms. The minimum Gasteiger partial charge on any atom is -1.00 e. The van der Waals surface area contributed by atoms with Gasteiger partial charge in [0.15, 0.2) is 0 Å². The van der Waals surface area contributed by atoms with Crippen LogP contribution in [0.5, 0.6) is 0 Å². The molecule has 0 atom stereocenters. The summed E-state index contributed by atoms with van der Waals surface area (Å²) in [5.41, 5.74) is 2.16. The Kier molecular flexibility index (Phi) is 3.94. The van der Waals surface area contributed by atoms with Gasteiger partial charge in [-0.1, -0.05) is 6.07 Å². The minimum absolute atomic E-state index is 0. The van der Waals surface area contributed by atoms with Gasteiger partial charge in [0.05, 0.1) is 11.6 Å². The molecule has 0 amide bonds. The van der Waals surface area contributed by atoms with Crippen molar-refractivity contribution < 1.29 is 34.6 Å². The summed E-state index contributed by atoms with van der Waals surface area (Å²) in [6.07, 6.45) is 2.16. The van der Waals surface area contributed by atoms with E-state index in [1.807, 2.05) is 12.1 Å². The van der Waals surface area contributed by atoms with Crippen LogP contribution in [0.25, 0.3) is 11.5 Å². The second-order valence-electron chi connectivity index (χ2n) is 4.41. The van der Waals surface area contributed by atoms with Crippen LogP contribution < -0.4 is 18.9 Å². The van der Waals surface area contributed by atoms with Crippen molar-refractivity contribution >= 4 is 5.97 Å². The van der Waals surface area contributed by atoms with Gasteiger partial charge in [0.1, 0.15) is 0 Å². The van der Waals surface area contributed by atoms with Crippen LogP contribution in [0.15, 0.2) is 22.6 Å². The average molecular weight is 263 g/mol. The van der Waals surface area contributed by atoms with Crippen molar-refractivity contribution in [3.8, 4) is 17.5 Å². The SMILES string of the molecule is N#Cc1ccc(C2CC2)c(-c2nnc(C(=O)O)o2)c1.[H-].[Li+]. The predicted octanol–water partition coefficient (Wildman–Crippen LogP) is -0.700. The van der Waals surface area contributed by atoms with Crippen molar-refractivity contribution in [2.45, 2.75) is 18.8 Å². The van der Waals surface area contributed by atoms with E-state index in [-0.39, 0.29) is 26.2 Å². The predicted molar refractivity (Wildman–Crippen MR) is 64.5 cm³/mol. The fraction of sp³-hybridized carbons (Fsp3) is 0.231. The third kappa shape index (κ3) is 2.60. The van der Waals surface area contributed by atoms with Gasteiger partial charge in [-0.2, -0.15) is 5.26 Å². The normalized spacial score (nSPS) is 13.3. The molecule has 3 rings (SSSR count). The van der Waals surface area contributed by atoms with Crippen molar-refractivity contribution in [1.29, 1.82) is 5.26 Å². The van der Waals surface area contributed by atoms with Crippen LogP contribution in [0.4, 0.5) is 0 Å². The molecule has 0 saturated heterocycles. The second-order valence-corrected chi connectivity index (χ2v) is 4.41.